The highest BCUT2D eigenvalue weighted by Gasteiger charge is 2.59. The molecule has 0 aromatic rings. The molecule has 0 heterocycles. The maximum Gasteiger partial charge on any atom is 0.422 e. The van der Waals surface area contributed by atoms with Crippen LogP contribution in [0.15, 0.2) is 0 Å². The van der Waals surface area contributed by atoms with Gasteiger partial charge in [-0.1, -0.05) is 0 Å². The number of carboxylic acid groups (broad SMARTS) is 1. The van der Waals surface area contributed by atoms with Crippen molar-refractivity contribution in [1.82, 2.24) is 10.2 Å². The molecule has 2 saturated carbocycles. The third-order valence-corrected chi connectivity index (χ3v) is 3.99. The number of carboxylic acids is 1. The van der Waals surface area contributed by atoms with Gasteiger partial charge in [0.15, 0.2) is 0 Å². The van der Waals surface area contributed by atoms with Gasteiger partial charge in [-0.25, -0.2) is 9.59 Å². The Hall–Kier alpha value is -1.47. The molecule has 2 aliphatic carbocycles. The minimum atomic E-state index is -5.06. The second-order valence-electron chi connectivity index (χ2n) is 6.15. The molecule has 2 amide bonds. The van der Waals surface area contributed by atoms with Gasteiger partial charge in [0.1, 0.15) is 0 Å². The summed E-state index contributed by atoms with van der Waals surface area (Å²) in [5, 5.41) is 10.5. The van der Waals surface area contributed by atoms with E-state index in [2.05, 4.69) is 0 Å². The Morgan fingerprint density at radius 1 is 1.14 bits per heavy atom. The maximum absolute atomic E-state index is 12.9. The highest BCUT2D eigenvalue weighted by atomic mass is 19.4. The van der Waals surface area contributed by atoms with Crippen LogP contribution in [-0.4, -0.2) is 46.8 Å². The van der Waals surface area contributed by atoms with E-state index in [0.29, 0.717) is 31.8 Å². The van der Waals surface area contributed by atoms with Crippen molar-refractivity contribution >= 4 is 12.0 Å². The van der Waals surface area contributed by atoms with E-state index in [1.54, 1.807) is 5.32 Å². The van der Waals surface area contributed by atoms with E-state index in [1.807, 2.05) is 0 Å². The quantitative estimate of drug-likeness (QED) is 0.790. The van der Waals surface area contributed by atoms with E-state index in [0.717, 1.165) is 25.7 Å². The molecule has 0 aromatic heterocycles. The summed E-state index contributed by atoms with van der Waals surface area (Å²) in [6, 6.07) is -0.948. The fraction of sp³-hybridized carbons (Fsp3) is 0.846. The van der Waals surface area contributed by atoms with Gasteiger partial charge in [0.2, 0.25) is 5.54 Å². The molecule has 21 heavy (non-hydrogen) atoms. The van der Waals surface area contributed by atoms with Crippen LogP contribution < -0.4 is 5.32 Å². The van der Waals surface area contributed by atoms with Crippen LogP contribution in [0, 0.1) is 11.8 Å². The van der Waals surface area contributed by atoms with Crippen LogP contribution in [0.1, 0.15) is 32.6 Å². The van der Waals surface area contributed by atoms with Gasteiger partial charge in [0, 0.05) is 13.1 Å². The number of aliphatic carboxylic acids is 1. The van der Waals surface area contributed by atoms with Crippen molar-refractivity contribution in [2.45, 2.75) is 44.3 Å². The Labute approximate surface area is 120 Å². The van der Waals surface area contributed by atoms with Crippen LogP contribution in [-0.2, 0) is 4.79 Å². The number of amides is 2. The summed E-state index contributed by atoms with van der Waals surface area (Å²) < 4.78 is 38.7. The average molecular weight is 308 g/mol. The van der Waals surface area contributed by atoms with Gasteiger partial charge in [-0.15, -0.1) is 0 Å². The predicted octanol–water partition coefficient (Wildman–Crippen LogP) is 2.22. The molecule has 0 bridgehead atoms. The molecular formula is C13H19F3N2O3. The Morgan fingerprint density at radius 2 is 1.57 bits per heavy atom. The first-order valence-corrected chi connectivity index (χ1v) is 7.00. The zero-order valence-electron chi connectivity index (χ0n) is 11.7. The molecule has 120 valence electrons. The minimum absolute atomic E-state index is 0.330. The highest BCUT2D eigenvalue weighted by Crippen LogP contribution is 2.35. The summed E-state index contributed by atoms with van der Waals surface area (Å²) in [4.78, 5) is 24.4. The molecule has 0 radical (unpaired) electrons. The van der Waals surface area contributed by atoms with Gasteiger partial charge in [-0.05, 0) is 44.4 Å². The average Bonchev–Trinajstić information content (AvgIpc) is 3.20. The number of nitrogens with one attached hydrogen (secondary N) is 1. The number of carbonyl (C=O) groups is 2. The number of alkyl halides is 3. The van der Waals surface area contributed by atoms with Crippen LogP contribution in [0.25, 0.3) is 0 Å². The van der Waals surface area contributed by atoms with Crippen LogP contribution in [0.4, 0.5) is 18.0 Å². The van der Waals surface area contributed by atoms with E-state index < -0.39 is 23.7 Å². The fourth-order valence-corrected chi connectivity index (χ4v) is 2.00. The molecule has 0 aromatic carbocycles. The number of hydrogen-bond donors (Lipinski definition) is 2. The first-order chi connectivity index (χ1) is 9.63. The SMILES string of the molecule is CC(NC(=O)N(CC1CC1)CC1CC1)(C(=O)O)C(F)(F)F. The second-order valence-corrected chi connectivity index (χ2v) is 6.15. The van der Waals surface area contributed by atoms with Crippen molar-refractivity contribution in [3.63, 3.8) is 0 Å². The van der Waals surface area contributed by atoms with Gasteiger partial charge in [-0.3, -0.25) is 0 Å². The smallest absolute Gasteiger partial charge is 0.422 e. The first kappa shape index (κ1) is 15.9. The summed E-state index contributed by atoms with van der Waals surface area (Å²) in [5.41, 5.74) is -3.27. The molecule has 2 fully saturated rings. The van der Waals surface area contributed by atoms with Crippen molar-refractivity contribution in [3.8, 4) is 0 Å². The molecule has 1 unspecified atom stereocenters. The van der Waals surface area contributed by atoms with Crippen LogP contribution in [0.2, 0.25) is 0 Å². The summed E-state index contributed by atoms with van der Waals surface area (Å²) in [6.07, 6.45) is -1.21. The zero-order valence-corrected chi connectivity index (χ0v) is 11.7. The Bertz CT molecular complexity index is 419. The van der Waals surface area contributed by atoms with E-state index in [9.17, 15) is 22.8 Å². The summed E-state index contributed by atoms with van der Waals surface area (Å²) in [7, 11) is 0. The first-order valence-electron chi connectivity index (χ1n) is 7.00. The third-order valence-electron chi connectivity index (χ3n) is 3.99. The molecule has 2 rings (SSSR count). The molecular weight excluding hydrogens is 289 g/mol. The number of nitrogens with zero attached hydrogens (tertiary/aromatic N) is 1. The Morgan fingerprint density at radius 3 is 1.86 bits per heavy atom. The molecule has 0 saturated heterocycles. The molecule has 1 atom stereocenters. The zero-order chi connectivity index (χ0) is 15.8. The molecule has 0 aliphatic heterocycles. The normalized spacial score (nSPS) is 21.5. The van der Waals surface area contributed by atoms with Crippen molar-refractivity contribution in [2.75, 3.05) is 13.1 Å². The summed E-state index contributed by atoms with van der Waals surface area (Å²) in [5.74, 6) is -1.45. The van der Waals surface area contributed by atoms with Gasteiger partial charge in [0.05, 0.1) is 0 Å². The largest absolute Gasteiger partial charge is 0.479 e. The van der Waals surface area contributed by atoms with Crippen molar-refractivity contribution in [1.29, 1.82) is 0 Å². The van der Waals surface area contributed by atoms with E-state index in [1.165, 1.54) is 4.90 Å². The molecule has 2 aliphatic rings. The standard InChI is InChI=1S/C13H19F3N2O3/c1-12(10(19)20,13(14,15)16)17-11(21)18(6-8-2-3-8)7-9-4-5-9/h8-9H,2-7H2,1H3,(H,17,21)(H,19,20). The number of hydrogen-bond acceptors (Lipinski definition) is 2. The fourth-order valence-electron chi connectivity index (χ4n) is 2.00. The molecule has 8 heteroatoms. The lowest BCUT2D eigenvalue weighted by molar-refractivity contribution is -0.203. The van der Waals surface area contributed by atoms with Crippen molar-refractivity contribution < 1.29 is 27.9 Å². The Kier molecular flexibility index (Phi) is 4.08. The van der Waals surface area contributed by atoms with Gasteiger partial charge in [0.25, 0.3) is 0 Å². The third kappa shape index (κ3) is 3.79. The van der Waals surface area contributed by atoms with Crippen LogP contribution in [0.3, 0.4) is 0 Å². The predicted molar refractivity (Wildman–Crippen MR) is 67.6 cm³/mol. The molecule has 2 N–H and O–H groups in total. The Balaban J connectivity index is 2.05. The molecule has 5 nitrogen and oxygen atoms in total. The van der Waals surface area contributed by atoms with E-state index >= 15 is 0 Å². The lowest BCUT2D eigenvalue weighted by Gasteiger charge is -2.32. The van der Waals surface area contributed by atoms with Crippen molar-refractivity contribution in [2.24, 2.45) is 11.8 Å². The lowest BCUT2D eigenvalue weighted by Crippen LogP contribution is -2.64. The van der Waals surface area contributed by atoms with Crippen molar-refractivity contribution in [3.05, 3.63) is 0 Å². The van der Waals surface area contributed by atoms with Gasteiger partial charge in [-0.2, -0.15) is 13.2 Å². The maximum atomic E-state index is 12.9. The summed E-state index contributed by atoms with van der Waals surface area (Å²) in [6.45, 7) is 1.27. The van der Waals surface area contributed by atoms with E-state index in [-0.39, 0.29) is 0 Å². The van der Waals surface area contributed by atoms with E-state index in [4.69, 9.17) is 5.11 Å². The van der Waals surface area contributed by atoms with Gasteiger partial charge < -0.3 is 15.3 Å². The highest BCUT2D eigenvalue weighted by molar-refractivity contribution is 5.86. The minimum Gasteiger partial charge on any atom is -0.479 e. The van der Waals surface area contributed by atoms with Crippen LogP contribution in [0.5, 0.6) is 0 Å². The summed E-state index contributed by atoms with van der Waals surface area (Å²) >= 11 is 0. The number of carbonyl (C=O) groups excluding carboxylic acids is 1. The number of rotatable bonds is 6. The molecule has 0 spiro atoms. The monoisotopic (exact) mass is 308 g/mol. The van der Waals surface area contributed by atoms with Crippen LogP contribution >= 0.6 is 0 Å². The number of urea groups is 1. The second kappa shape index (κ2) is 5.38. The number of halogens is 3. The van der Waals surface area contributed by atoms with Gasteiger partial charge >= 0.3 is 18.2 Å². The topological polar surface area (TPSA) is 69.6 Å². The lowest BCUT2D eigenvalue weighted by atomic mass is 10.0.